The molecule has 3 rings (SSSR count). The van der Waals surface area contributed by atoms with Gasteiger partial charge < -0.3 is 10.1 Å². The third kappa shape index (κ3) is 5.21. The average Bonchev–Trinajstić information content (AvgIpc) is 3.18. The molecule has 2 amide bonds. The van der Waals surface area contributed by atoms with Gasteiger partial charge in [0.1, 0.15) is 11.6 Å². The molecular weight excluding hydrogens is 428 g/mol. The lowest BCUT2D eigenvalue weighted by Crippen LogP contribution is -2.47. The van der Waals surface area contributed by atoms with Crippen molar-refractivity contribution in [1.82, 2.24) is 10.3 Å². The lowest BCUT2D eigenvalue weighted by atomic mass is 9.95. The summed E-state index contributed by atoms with van der Waals surface area (Å²) in [5.41, 5.74) is -0.883. The Balaban J connectivity index is 2.01. The first-order valence-corrected chi connectivity index (χ1v) is 11.1. The summed E-state index contributed by atoms with van der Waals surface area (Å²) in [4.78, 5) is 25.1. The Morgan fingerprint density at radius 1 is 1.06 bits per heavy atom. The normalized spacial score (nSPS) is 17.8. The number of nitrogens with one attached hydrogen (secondary N) is 1. The molecule has 2 aromatic rings. The van der Waals surface area contributed by atoms with Gasteiger partial charge in [0.15, 0.2) is 0 Å². The summed E-state index contributed by atoms with van der Waals surface area (Å²) in [5.74, 6) is -2.50. The number of hydrogen-bond donors (Lipinski definition) is 1. The van der Waals surface area contributed by atoms with Crippen molar-refractivity contribution in [2.24, 2.45) is 16.9 Å². The molecule has 0 radical (unpaired) electrons. The van der Waals surface area contributed by atoms with Gasteiger partial charge in [0.2, 0.25) is 23.4 Å². The SMILES string of the molecule is CC(C)C(=O)NCCCC1(c2ccccc2)OC(c2cc(F)ccc2F)=NN1C(=O)C(C)C. The van der Waals surface area contributed by atoms with Crippen LogP contribution in [0.5, 0.6) is 0 Å². The zero-order valence-electron chi connectivity index (χ0n) is 19.3. The first kappa shape index (κ1) is 24.4. The van der Waals surface area contributed by atoms with Crippen molar-refractivity contribution >= 4 is 17.7 Å². The predicted octanol–water partition coefficient (Wildman–Crippen LogP) is 4.55. The fraction of sp³-hybridized carbons (Fsp3) is 0.400. The van der Waals surface area contributed by atoms with Gasteiger partial charge in [0.25, 0.3) is 0 Å². The second kappa shape index (κ2) is 10.1. The fourth-order valence-corrected chi connectivity index (χ4v) is 3.56. The first-order valence-electron chi connectivity index (χ1n) is 11.1. The maximum atomic E-state index is 14.6. The summed E-state index contributed by atoms with van der Waals surface area (Å²) < 4.78 is 34.7. The van der Waals surface area contributed by atoms with Gasteiger partial charge >= 0.3 is 0 Å². The van der Waals surface area contributed by atoms with Gasteiger partial charge in [-0.1, -0.05) is 58.0 Å². The molecule has 0 saturated carbocycles. The highest BCUT2D eigenvalue weighted by molar-refractivity contribution is 5.97. The summed E-state index contributed by atoms with van der Waals surface area (Å²) in [6, 6.07) is 12.0. The van der Waals surface area contributed by atoms with Gasteiger partial charge in [0, 0.05) is 30.4 Å². The number of nitrogens with zero attached hydrogens (tertiary/aromatic N) is 2. The van der Waals surface area contributed by atoms with Crippen molar-refractivity contribution in [3.63, 3.8) is 0 Å². The van der Waals surface area contributed by atoms with Crippen molar-refractivity contribution in [2.75, 3.05) is 6.54 Å². The average molecular weight is 458 g/mol. The molecule has 2 aromatic carbocycles. The van der Waals surface area contributed by atoms with Crippen LogP contribution in [0, 0.1) is 23.5 Å². The highest BCUT2D eigenvalue weighted by Crippen LogP contribution is 2.41. The molecule has 1 heterocycles. The van der Waals surface area contributed by atoms with E-state index in [0.29, 0.717) is 18.5 Å². The van der Waals surface area contributed by atoms with Crippen LogP contribution >= 0.6 is 0 Å². The quantitative estimate of drug-likeness (QED) is 0.592. The number of hydrogen-bond acceptors (Lipinski definition) is 4. The molecule has 0 spiro atoms. The molecule has 33 heavy (non-hydrogen) atoms. The second-order valence-electron chi connectivity index (χ2n) is 8.64. The summed E-state index contributed by atoms with van der Waals surface area (Å²) in [7, 11) is 0. The molecule has 1 atom stereocenters. The molecule has 0 aliphatic carbocycles. The molecule has 0 fully saturated rings. The van der Waals surface area contributed by atoms with E-state index in [-0.39, 0.29) is 35.6 Å². The molecule has 0 saturated heterocycles. The molecule has 0 bridgehead atoms. The second-order valence-corrected chi connectivity index (χ2v) is 8.64. The monoisotopic (exact) mass is 457 g/mol. The van der Waals surface area contributed by atoms with E-state index in [1.54, 1.807) is 52.0 Å². The van der Waals surface area contributed by atoms with E-state index in [9.17, 15) is 18.4 Å². The molecule has 1 unspecified atom stereocenters. The topological polar surface area (TPSA) is 71.0 Å². The lowest BCUT2D eigenvalue weighted by molar-refractivity contribution is -0.156. The van der Waals surface area contributed by atoms with Crippen LogP contribution < -0.4 is 5.32 Å². The lowest BCUT2D eigenvalue weighted by Gasteiger charge is -2.36. The molecule has 1 N–H and O–H groups in total. The summed E-state index contributed by atoms with van der Waals surface area (Å²) in [6.45, 7) is 7.44. The minimum absolute atomic E-state index is 0.0787. The van der Waals surface area contributed by atoms with Crippen LogP contribution in [0.25, 0.3) is 0 Å². The number of ether oxygens (including phenoxy) is 1. The Labute approximate surface area is 192 Å². The van der Waals surface area contributed by atoms with Gasteiger partial charge in [-0.3, -0.25) is 9.59 Å². The largest absolute Gasteiger partial charge is 0.443 e. The zero-order chi connectivity index (χ0) is 24.2. The van der Waals surface area contributed by atoms with E-state index < -0.39 is 23.3 Å². The van der Waals surface area contributed by atoms with E-state index in [0.717, 1.165) is 18.2 Å². The third-order valence-electron chi connectivity index (χ3n) is 5.40. The van der Waals surface area contributed by atoms with Crippen LogP contribution in [0.1, 0.15) is 51.7 Å². The van der Waals surface area contributed by atoms with Crippen LogP contribution in [-0.4, -0.2) is 29.3 Å². The van der Waals surface area contributed by atoms with Crippen LogP contribution in [0.15, 0.2) is 53.6 Å². The summed E-state index contributed by atoms with van der Waals surface area (Å²) in [5, 5.41) is 8.43. The van der Waals surface area contributed by atoms with E-state index in [2.05, 4.69) is 10.4 Å². The minimum atomic E-state index is -1.36. The Morgan fingerprint density at radius 3 is 2.39 bits per heavy atom. The van der Waals surface area contributed by atoms with Crippen molar-refractivity contribution in [3.8, 4) is 0 Å². The minimum Gasteiger partial charge on any atom is -0.443 e. The molecule has 8 heteroatoms. The van der Waals surface area contributed by atoms with Gasteiger partial charge in [-0.25, -0.2) is 8.78 Å². The maximum Gasteiger partial charge on any atom is 0.249 e. The van der Waals surface area contributed by atoms with Gasteiger partial charge in [-0.05, 0) is 24.6 Å². The van der Waals surface area contributed by atoms with E-state index >= 15 is 0 Å². The number of hydrazone groups is 1. The Bertz CT molecular complexity index is 1040. The molecule has 1 aliphatic heterocycles. The van der Waals surface area contributed by atoms with Gasteiger partial charge in [-0.15, -0.1) is 5.10 Å². The number of benzene rings is 2. The van der Waals surface area contributed by atoms with Gasteiger partial charge in [-0.2, -0.15) is 5.01 Å². The molecule has 1 aliphatic rings. The Kier molecular flexibility index (Phi) is 7.46. The van der Waals surface area contributed by atoms with Crippen LogP contribution in [-0.2, 0) is 20.1 Å². The zero-order valence-corrected chi connectivity index (χ0v) is 19.3. The Hall–Kier alpha value is -3.29. The van der Waals surface area contributed by atoms with Crippen LogP contribution in [0.4, 0.5) is 8.78 Å². The van der Waals surface area contributed by atoms with Crippen LogP contribution in [0.2, 0.25) is 0 Å². The van der Waals surface area contributed by atoms with E-state index in [1.165, 1.54) is 5.01 Å². The highest BCUT2D eigenvalue weighted by atomic mass is 19.1. The van der Waals surface area contributed by atoms with E-state index in [1.807, 2.05) is 6.07 Å². The summed E-state index contributed by atoms with van der Waals surface area (Å²) >= 11 is 0. The van der Waals surface area contributed by atoms with Crippen molar-refractivity contribution in [2.45, 2.75) is 46.3 Å². The van der Waals surface area contributed by atoms with Crippen LogP contribution in [0.3, 0.4) is 0 Å². The van der Waals surface area contributed by atoms with Gasteiger partial charge in [0.05, 0.1) is 5.56 Å². The Morgan fingerprint density at radius 2 is 1.76 bits per heavy atom. The molecular formula is C25H29F2N3O3. The molecule has 6 nitrogen and oxygen atoms in total. The molecule has 176 valence electrons. The number of amides is 2. The van der Waals surface area contributed by atoms with Crippen molar-refractivity contribution < 1.29 is 23.1 Å². The summed E-state index contributed by atoms with van der Waals surface area (Å²) in [6.07, 6.45) is 0.738. The van der Waals surface area contributed by atoms with E-state index in [4.69, 9.17) is 4.74 Å². The number of carbonyl (C=O) groups excluding carboxylic acids is 2. The highest BCUT2D eigenvalue weighted by Gasteiger charge is 2.50. The predicted molar refractivity (Wildman–Crippen MR) is 121 cm³/mol. The third-order valence-corrected chi connectivity index (χ3v) is 5.40. The van der Waals surface area contributed by atoms with Crippen molar-refractivity contribution in [3.05, 3.63) is 71.3 Å². The standard InChI is InChI=1S/C25H29F2N3O3/c1-16(2)22(31)28-14-8-13-25(18-9-6-5-7-10-18)30(24(32)17(3)4)29-23(33-25)20-15-19(26)11-12-21(20)27/h5-7,9-12,15-17H,8,13-14H2,1-4H3,(H,28,31). The molecule has 0 aromatic heterocycles. The number of rotatable bonds is 8. The number of halogens is 2. The fourth-order valence-electron chi connectivity index (χ4n) is 3.56. The first-order chi connectivity index (χ1) is 15.7. The number of carbonyl (C=O) groups is 2. The smallest absolute Gasteiger partial charge is 0.249 e. The van der Waals surface area contributed by atoms with Crippen molar-refractivity contribution in [1.29, 1.82) is 0 Å². The maximum absolute atomic E-state index is 14.6.